The lowest BCUT2D eigenvalue weighted by Gasteiger charge is -2.28. The second-order valence-electron chi connectivity index (χ2n) is 6.28. The predicted octanol–water partition coefficient (Wildman–Crippen LogP) is 2.65. The standard InChI is InChI=1S/C17H21N5O2S/c1-6-13(24-5)14(23)18-12-7-8-17(4,9-10(12)2)15-21-22-11(3)19-20-16(22)25-15/h6-8H,9H2,1-5H3,(H,18,23). The van der Waals surface area contributed by atoms with Crippen LogP contribution in [0.5, 0.6) is 0 Å². The molecular formula is C17H21N5O2S. The molecule has 0 aromatic carbocycles. The van der Waals surface area contributed by atoms with Crippen molar-refractivity contribution in [2.45, 2.75) is 39.5 Å². The lowest BCUT2D eigenvalue weighted by Crippen LogP contribution is -2.30. The Morgan fingerprint density at radius 1 is 1.44 bits per heavy atom. The Labute approximate surface area is 150 Å². The van der Waals surface area contributed by atoms with E-state index in [1.807, 2.05) is 19.9 Å². The summed E-state index contributed by atoms with van der Waals surface area (Å²) < 4.78 is 6.83. The monoisotopic (exact) mass is 359 g/mol. The summed E-state index contributed by atoms with van der Waals surface area (Å²) in [5.41, 5.74) is 1.66. The van der Waals surface area contributed by atoms with Crippen LogP contribution in [0.1, 0.15) is 38.0 Å². The molecule has 0 aliphatic heterocycles. The summed E-state index contributed by atoms with van der Waals surface area (Å²) in [6.07, 6.45) is 6.43. The number of allylic oxidation sites excluding steroid dienone is 4. The Kier molecular flexibility index (Phi) is 4.47. The van der Waals surface area contributed by atoms with Crippen molar-refractivity contribution in [3.63, 3.8) is 0 Å². The van der Waals surface area contributed by atoms with Gasteiger partial charge in [0.1, 0.15) is 5.01 Å². The highest BCUT2D eigenvalue weighted by atomic mass is 32.1. The molecule has 0 spiro atoms. The van der Waals surface area contributed by atoms with Gasteiger partial charge in [-0.2, -0.15) is 9.61 Å². The first kappa shape index (κ1) is 17.3. The van der Waals surface area contributed by atoms with Gasteiger partial charge in [0.2, 0.25) is 4.96 Å². The number of carbonyl (C=O) groups is 1. The van der Waals surface area contributed by atoms with Gasteiger partial charge in [0.05, 0.1) is 7.11 Å². The van der Waals surface area contributed by atoms with Gasteiger partial charge >= 0.3 is 0 Å². The number of aromatic nitrogens is 4. The predicted molar refractivity (Wildman–Crippen MR) is 96.1 cm³/mol. The highest BCUT2D eigenvalue weighted by molar-refractivity contribution is 7.16. The van der Waals surface area contributed by atoms with Crippen molar-refractivity contribution in [2.24, 2.45) is 0 Å². The minimum Gasteiger partial charge on any atom is -0.491 e. The molecule has 1 amide bonds. The van der Waals surface area contributed by atoms with Crippen LogP contribution in [0.25, 0.3) is 4.96 Å². The van der Waals surface area contributed by atoms with Crippen molar-refractivity contribution >= 4 is 22.2 Å². The molecule has 0 bridgehead atoms. The van der Waals surface area contributed by atoms with E-state index in [0.29, 0.717) is 5.76 Å². The van der Waals surface area contributed by atoms with Gasteiger partial charge in [0.15, 0.2) is 11.6 Å². The zero-order chi connectivity index (χ0) is 18.2. The Bertz CT molecular complexity index is 921. The molecule has 25 heavy (non-hydrogen) atoms. The largest absolute Gasteiger partial charge is 0.491 e. The minimum atomic E-state index is -0.248. The molecule has 1 aliphatic rings. The lowest BCUT2D eigenvalue weighted by atomic mass is 9.80. The summed E-state index contributed by atoms with van der Waals surface area (Å²) >= 11 is 1.54. The molecule has 0 saturated heterocycles. The molecule has 0 radical (unpaired) electrons. The number of fused-ring (bicyclic) bond motifs is 1. The molecule has 132 valence electrons. The third-order valence-corrected chi connectivity index (χ3v) is 5.48. The average molecular weight is 359 g/mol. The van der Waals surface area contributed by atoms with Gasteiger partial charge in [0.25, 0.3) is 5.91 Å². The first-order valence-electron chi connectivity index (χ1n) is 7.98. The van der Waals surface area contributed by atoms with E-state index in [-0.39, 0.29) is 11.3 Å². The maximum Gasteiger partial charge on any atom is 0.290 e. The van der Waals surface area contributed by atoms with Gasteiger partial charge in [-0.3, -0.25) is 4.79 Å². The molecule has 0 saturated carbocycles. The van der Waals surface area contributed by atoms with Crippen molar-refractivity contribution in [2.75, 3.05) is 7.11 Å². The van der Waals surface area contributed by atoms with E-state index in [1.54, 1.807) is 28.9 Å². The second kappa shape index (κ2) is 6.44. The van der Waals surface area contributed by atoms with Gasteiger partial charge < -0.3 is 10.1 Å². The fourth-order valence-electron chi connectivity index (χ4n) is 2.88. The zero-order valence-corrected chi connectivity index (χ0v) is 15.8. The quantitative estimate of drug-likeness (QED) is 0.670. The molecule has 0 fully saturated rings. The van der Waals surface area contributed by atoms with Crippen molar-refractivity contribution in [3.8, 4) is 0 Å². The number of hydrogen-bond acceptors (Lipinski definition) is 6. The molecule has 1 N–H and O–H groups in total. The van der Waals surface area contributed by atoms with Crippen LogP contribution in [-0.2, 0) is 14.9 Å². The van der Waals surface area contributed by atoms with E-state index in [0.717, 1.165) is 33.5 Å². The highest BCUT2D eigenvalue weighted by Crippen LogP contribution is 2.38. The summed E-state index contributed by atoms with van der Waals surface area (Å²) in [7, 11) is 1.49. The first-order valence-corrected chi connectivity index (χ1v) is 8.79. The number of carbonyl (C=O) groups excluding carboxylic acids is 1. The van der Waals surface area contributed by atoms with Crippen molar-refractivity contribution < 1.29 is 9.53 Å². The van der Waals surface area contributed by atoms with Crippen LogP contribution < -0.4 is 5.32 Å². The third kappa shape index (κ3) is 3.09. The zero-order valence-electron chi connectivity index (χ0n) is 15.0. The second-order valence-corrected chi connectivity index (χ2v) is 7.24. The normalized spacial score (nSPS) is 21.1. The number of nitrogens with one attached hydrogen (secondary N) is 1. The van der Waals surface area contributed by atoms with E-state index >= 15 is 0 Å². The number of rotatable bonds is 4. The van der Waals surface area contributed by atoms with Crippen LogP contribution in [0, 0.1) is 6.92 Å². The van der Waals surface area contributed by atoms with E-state index in [2.05, 4.69) is 33.6 Å². The number of ether oxygens (including phenoxy) is 1. The number of methoxy groups -OCH3 is 1. The molecule has 2 aromatic rings. The molecule has 7 nitrogen and oxygen atoms in total. The Morgan fingerprint density at radius 3 is 2.80 bits per heavy atom. The Hall–Kier alpha value is -2.48. The molecule has 1 unspecified atom stereocenters. The van der Waals surface area contributed by atoms with Crippen molar-refractivity contribution in [1.29, 1.82) is 0 Å². The topological polar surface area (TPSA) is 81.4 Å². The molecule has 1 aliphatic carbocycles. The maximum absolute atomic E-state index is 12.2. The number of aryl methyl sites for hydroxylation is 1. The van der Waals surface area contributed by atoms with Gasteiger partial charge in [-0.1, -0.05) is 17.4 Å². The fraction of sp³-hybridized carbons (Fsp3) is 0.412. The van der Waals surface area contributed by atoms with E-state index in [1.165, 1.54) is 7.11 Å². The summed E-state index contributed by atoms with van der Waals surface area (Å²) in [4.78, 5) is 13.0. The van der Waals surface area contributed by atoms with Crippen LogP contribution in [0.4, 0.5) is 0 Å². The number of nitrogens with zero attached hydrogens (tertiary/aromatic N) is 4. The lowest BCUT2D eigenvalue weighted by molar-refractivity contribution is -0.119. The summed E-state index contributed by atoms with van der Waals surface area (Å²) in [5, 5.41) is 16.7. The van der Waals surface area contributed by atoms with Crippen LogP contribution in [-0.4, -0.2) is 32.8 Å². The number of hydrogen-bond donors (Lipinski definition) is 1. The third-order valence-electron chi connectivity index (χ3n) is 4.30. The maximum atomic E-state index is 12.2. The van der Waals surface area contributed by atoms with Crippen LogP contribution in [0.15, 0.2) is 35.3 Å². The van der Waals surface area contributed by atoms with Crippen molar-refractivity contribution in [3.05, 3.63) is 46.1 Å². The van der Waals surface area contributed by atoms with Gasteiger partial charge in [-0.15, -0.1) is 10.2 Å². The summed E-state index contributed by atoms with van der Waals surface area (Å²) in [6.45, 7) is 7.81. The molecular weight excluding hydrogens is 338 g/mol. The van der Waals surface area contributed by atoms with E-state index in [4.69, 9.17) is 4.74 Å². The van der Waals surface area contributed by atoms with Crippen molar-refractivity contribution in [1.82, 2.24) is 25.1 Å². The Balaban J connectivity index is 1.83. The summed E-state index contributed by atoms with van der Waals surface area (Å²) in [5.74, 6) is 0.827. The van der Waals surface area contributed by atoms with Crippen LogP contribution >= 0.6 is 11.3 Å². The summed E-state index contributed by atoms with van der Waals surface area (Å²) in [6, 6.07) is 0. The molecule has 1 atom stereocenters. The van der Waals surface area contributed by atoms with Gasteiger partial charge in [-0.25, -0.2) is 0 Å². The fourth-order valence-corrected chi connectivity index (χ4v) is 3.89. The molecule has 3 rings (SSSR count). The van der Waals surface area contributed by atoms with Gasteiger partial charge in [-0.05, 0) is 51.8 Å². The van der Waals surface area contributed by atoms with E-state index < -0.39 is 0 Å². The molecule has 8 heteroatoms. The van der Waals surface area contributed by atoms with E-state index in [9.17, 15) is 4.79 Å². The van der Waals surface area contributed by atoms with Crippen LogP contribution in [0.2, 0.25) is 0 Å². The smallest absolute Gasteiger partial charge is 0.290 e. The SMILES string of the molecule is CC=C(OC)C(=O)NC1=C(C)CC(C)(c2nn3c(C)nnc3s2)C=C1. The molecule has 2 heterocycles. The number of amides is 1. The average Bonchev–Trinajstić information content (AvgIpc) is 3.14. The molecule has 2 aromatic heterocycles. The van der Waals surface area contributed by atoms with Crippen LogP contribution in [0.3, 0.4) is 0 Å². The first-order chi connectivity index (χ1) is 11.9. The minimum absolute atomic E-state index is 0.235. The highest BCUT2D eigenvalue weighted by Gasteiger charge is 2.32. The Morgan fingerprint density at radius 2 is 2.20 bits per heavy atom. The van der Waals surface area contributed by atoms with Gasteiger partial charge in [0, 0.05) is 11.1 Å².